The fraction of sp³-hybridized carbons (Fsp3) is 0.156. The first-order chi connectivity index (χ1) is 28.8. The molecule has 290 valence electrons. The van der Waals surface area contributed by atoms with E-state index in [9.17, 15) is 9.59 Å². The van der Waals surface area contributed by atoms with Crippen LogP contribution < -0.4 is 4.74 Å². The predicted molar refractivity (Wildman–Crippen MR) is 221 cm³/mol. The van der Waals surface area contributed by atoms with Crippen molar-refractivity contribution in [3.63, 3.8) is 0 Å². The maximum Gasteiger partial charge on any atom is 0.254 e. The minimum absolute atomic E-state index is 0.0492. The number of nitrogens with zero attached hydrogens (tertiary/aromatic N) is 11. The van der Waals surface area contributed by atoms with Gasteiger partial charge in [0.1, 0.15) is 29.7 Å². The van der Waals surface area contributed by atoms with E-state index in [-0.39, 0.29) is 11.7 Å². The Kier molecular flexibility index (Phi) is 8.66. The molecule has 0 bridgehead atoms. The second-order valence-electron chi connectivity index (χ2n) is 14.8. The van der Waals surface area contributed by atoms with Gasteiger partial charge in [0.2, 0.25) is 0 Å². The summed E-state index contributed by atoms with van der Waals surface area (Å²) in [5, 5.41) is 10.5. The summed E-state index contributed by atoms with van der Waals surface area (Å²) in [5.74, 6) is 1.09. The van der Waals surface area contributed by atoms with Crippen LogP contribution in [0.25, 0.3) is 55.7 Å². The summed E-state index contributed by atoms with van der Waals surface area (Å²) < 4.78 is 12.9. The standard InChI is InChI=1S/C26H22N6O2.C19H15N5O/c1-30-13-19(10-29-30)24-15-32(25-23(24)11-27-16-28-25)20-5-8-22-18(9-20)14-31(26(22)33)12-17-3-6-21(34-2)7-4-17;1-23-9-13(7-22-23)17-10-24(19-16(17)8-20-11-21-19)14-3-4-15-12(6-14)2-5-18(15)25/h3-11,13,15-16H,12,14H2,1-2H3;3-4,6-11H,2,5H2,1H3. The van der Waals surface area contributed by atoms with Crippen LogP contribution in [0.3, 0.4) is 0 Å². The third-order valence-electron chi connectivity index (χ3n) is 11.0. The fourth-order valence-electron chi connectivity index (χ4n) is 8.09. The number of methoxy groups -OCH3 is 1. The SMILES string of the molecule is COc1ccc(CN2Cc3cc(-n4cc(-c5cnn(C)c5)c5cncnc54)ccc3C2=O)cc1.Cn1cc(-c2cn(-c3ccc4c(c3)CCC4=O)c3ncncc23)cn1. The van der Waals surface area contributed by atoms with Gasteiger partial charge in [0.25, 0.3) is 5.91 Å². The van der Waals surface area contributed by atoms with Gasteiger partial charge >= 0.3 is 0 Å². The number of ketones is 1. The van der Waals surface area contributed by atoms with Crippen LogP contribution >= 0.6 is 0 Å². The normalized spacial score (nSPS) is 13.2. The van der Waals surface area contributed by atoms with Gasteiger partial charge in [-0.3, -0.25) is 19.0 Å². The lowest BCUT2D eigenvalue weighted by molar-refractivity contribution is 0.0766. The molecule has 0 N–H and O–H groups in total. The number of rotatable bonds is 7. The number of amides is 1. The average molecular weight is 780 g/mol. The zero-order valence-corrected chi connectivity index (χ0v) is 32.5. The van der Waals surface area contributed by atoms with E-state index in [0.717, 1.165) is 95.7 Å². The molecule has 0 saturated heterocycles. The molecule has 14 nitrogen and oxygen atoms in total. The number of benzene rings is 3. The first-order valence-electron chi connectivity index (χ1n) is 19.1. The van der Waals surface area contributed by atoms with E-state index in [1.54, 1.807) is 29.1 Å². The molecule has 11 rings (SSSR count). The highest BCUT2D eigenvalue weighted by molar-refractivity contribution is 6.01. The van der Waals surface area contributed by atoms with Crippen molar-refractivity contribution in [2.45, 2.75) is 25.9 Å². The van der Waals surface area contributed by atoms with Gasteiger partial charge in [-0.2, -0.15) is 10.2 Å². The lowest BCUT2D eigenvalue weighted by Crippen LogP contribution is -2.23. The molecule has 6 aromatic heterocycles. The number of aryl methyl sites for hydroxylation is 3. The van der Waals surface area contributed by atoms with Crippen LogP contribution in [0, 0.1) is 0 Å². The van der Waals surface area contributed by atoms with Gasteiger partial charge in [0, 0.05) is 126 Å². The van der Waals surface area contributed by atoms with Gasteiger partial charge in [-0.15, -0.1) is 0 Å². The maximum absolute atomic E-state index is 13.0. The first kappa shape index (κ1) is 35.7. The Hall–Kier alpha value is -7.74. The largest absolute Gasteiger partial charge is 0.497 e. The third-order valence-corrected chi connectivity index (χ3v) is 11.0. The Labute approximate surface area is 338 Å². The van der Waals surface area contributed by atoms with Gasteiger partial charge in [0.05, 0.1) is 19.5 Å². The molecule has 7 heterocycles. The summed E-state index contributed by atoms with van der Waals surface area (Å²) in [5.41, 5.74) is 12.5. The topological polar surface area (TPSA) is 144 Å². The quantitative estimate of drug-likeness (QED) is 0.168. The van der Waals surface area contributed by atoms with Crippen LogP contribution in [0.1, 0.15) is 43.8 Å². The van der Waals surface area contributed by atoms with Gasteiger partial charge in [-0.1, -0.05) is 12.1 Å². The van der Waals surface area contributed by atoms with Crippen molar-refractivity contribution in [2.24, 2.45) is 14.1 Å². The molecule has 9 aromatic rings. The number of carbonyl (C=O) groups is 2. The molecule has 14 heteroatoms. The van der Waals surface area contributed by atoms with Crippen LogP contribution in [-0.2, 0) is 33.6 Å². The van der Waals surface area contributed by atoms with E-state index < -0.39 is 0 Å². The predicted octanol–water partition coefficient (Wildman–Crippen LogP) is 6.94. The van der Waals surface area contributed by atoms with Gasteiger partial charge in [-0.25, -0.2) is 19.9 Å². The Morgan fingerprint density at radius 3 is 1.76 bits per heavy atom. The van der Waals surface area contributed by atoms with E-state index in [1.807, 2.05) is 105 Å². The smallest absolute Gasteiger partial charge is 0.254 e. The molecular weight excluding hydrogens is 743 g/mol. The summed E-state index contributed by atoms with van der Waals surface area (Å²) in [6, 6.07) is 19.8. The number of aromatic nitrogens is 10. The molecule has 3 aromatic carbocycles. The van der Waals surface area contributed by atoms with Crippen LogP contribution in [0.5, 0.6) is 5.75 Å². The van der Waals surface area contributed by atoms with Crippen molar-refractivity contribution in [1.82, 2.24) is 53.5 Å². The minimum Gasteiger partial charge on any atom is -0.497 e. The molecule has 59 heavy (non-hydrogen) atoms. The number of Topliss-reactive ketones (excluding diaryl/α,β-unsaturated/α-hetero) is 1. The molecule has 0 radical (unpaired) electrons. The van der Waals surface area contributed by atoms with E-state index in [2.05, 4.69) is 63.8 Å². The molecule has 1 amide bonds. The Bertz CT molecular complexity index is 3080. The van der Waals surface area contributed by atoms with Crippen molar-refractivity contribution in [3.8, 4) is 39.4 Å². The molecule has 0 fully saturated rings. The van der Waals surface area contributed by atoms with Crippen molar-refractivity contribution in [1.29, 1.82) is 0 Å². The highest BCUT2D eigenvalue weighted by Crippen LogP contribution is 2.35. The van der Waals surface area contributed by atoms with Gasteiger partial charge in [-0.05, 0) is 71.6 Å². The van der Waals surface area contributed by atoms with Crippen LogP contribution in [0.4, 0.5) is 0 Å². The molecule has 0 atom stereocenters. The van der Waals surface area contributed by atoms with Gasteiger partial charge < -0.3 is 18.8 Å². The Morgan fingerprint density at radius 2 is 1.20 bits per heavy atom. The highest BCUT2D eigenvalue weighted by atomic mass is 16.5. The summed E-state index contributed by atoms with van der Waals surface area (Å²) in [4.78, 5) is 44.2. The van der Waals surface area contributed by atoms with E-state index in [0.29, 0.717) is 19.5 Å². The van der Waals surface area contributed by atoms with Crippen LogP contribution in [0.15, 0.2) is 123 Å². The van der Waals surface area contributed by atoms with Crippen molar-refractivity contribution in [2.75, 3.05) is 7.11 Å². The van der Waals surface area contributed by atoms with Crippen molar-refractivity contribution in [3.05, 3.63) is 151 Å². The summed E-state index contributed by atoms with van der Waals surface area (Å²) >= 11 is 0. The van der Waals surface area contributed by atoms with E-state index in [1.165, 1.54) is 0 Å². The van der Waals surface area contributed by atoms with Crippen molar-refractivity contribution < 1.29 is 14.3 Å². The first-order valence-corrected chi connectivity index (χ1v) is 19.1. The highest BCUT2D eigenvalue weighted by Gasteiger charge is 2.28. The van der Waals surface area contributed by atoms with E-state index in [4.69, 9.17) is 4.74 Å². The minimum atomic E-state index is 0.0492. The zero-order chi connectivity index (χ0) is 40.2. The summed E-state index contributed by atoms with van der Waals surface area (Å²) in [6.07, 6.45) is 19.9. The number of ether oxygens (including phenoxy) is 1. The second kappa shape index (κ2) is 14.3. The average Bonchev–Trinajstić information content (AvgIpc) is 4.13. The molecule has 0 saturated carbocycles. The number of hydrogen-bond acceptors (Lipinski definition) is 9. The van der Waals surface area contributed by atoms with E-state index >= 15 is 0 Å². The molecule has 1 aliphatic carbocycles. The second-order valence-corrected chi connectivity index (χ2v) is 14.8. The Balaban J connectivity index is 0.000000149. The zero-order valence-electron chi connectivity index (χ0n) is 32.5. The molecule has 1 aliphatic heterocycles. The van der Waals surface area contributed by atoms with Crippen LogP contribution in [-0.4, -0.2) is 72.3 Å². The number of hydrogen-bond donors (Lipinski definition) is 0. The number of fused-ring (bicyclic) bond motifs is 4. The molecular formula is C45H37N11O3. The maximum atomic E-state index is 13.0. The molecule has 2 aliphatic rings. The molecule has 0 unspecified atom stereocenters. The molecule has 0 spiro atoms. The fourth-order valence-corrected chi connectivity index (χ4v) is 8.09. The van der Waals surface area contributed by atoms with Crippen LogP contribution in [0.2, 0.25) is 0 Å². The lowest BCUT2D eigenvalue weighted by Gasteiger charge is -2.15. The van der Waals surface area contributed by atoms with Crippen molar-refractivity contribution >= 4 is 33.8 Å². The summed E-state index contributed by atoms with van der Waals surface area (Å²) in [7, 11) is 5.44. The Morgan fingerprint density at radius 1 is 0.627 bits per heavy atom. The summed E-state index contributed by atoms with van der Waals surface area (Å²) in [6.45, 7) is 1.12. The van der Waals surface area contributed by atoms with Gasteiger partial charge in [0.15, 0.2) is 5.78 Å². The number of carbonyl (C=O) groups excluding carboxylic acids is 2. The lowest BCUT2D eigenvalue weighted by atomic mass is 10.1. The third kappa shape index (κ3) is 6.40. The monoisotopic (exact) mass is 779 g/mol.